The molecular weight excluding hydrogens is 498 g/mol. The Morgan fingerprint density at radius 3 is 1.58 bits per heavy atom. The van der Waals surface area contributed by atoms with Crippen LogP contribution in [0.5, 0.6) is 0 Å². The number of carbonyl (C=O) groups excluding carboxylic acids is 4. The number of amidine groups is 1. The van der Waals surface area contributed by atoms with Crippen LogP contribution in [0.15, 0.2) is 24.3 Å². The zero-order valence-corrected chi connectivity index (χ0v) is 21.5. The highest BCUT2D eigenvalue weighted by Gasteiger charge is 2.16. The molecule has 0 saturated heterocycles. The summed E-state index contributed by atoms with van der Waals surface area (Å²) in [4.78, 5) is 46.9. The molecule has 0 spiro atoms. The van der Waals surface area contributed by atoms with E-state index in [0.29, 0.717) is 13.1 Å². The van der Waals surface area contributed by atoms with Gasteiger partial charge in [-0.2, -0.15) is 0 Å². The fourth-order valence-electron chi connectivity index (χ4n) is 3.04. The monoisotopic (exact) mass is 541 g/mol. The molecule has 0 bridgehead atoms. The first kappa shape index (κ1) is 34.6. The van der Waals surface area contributed by atoms with Gasteiger partial charge >= 0.3 is 0 Å². The van der Waals surface area contributed by atoms with Crippen LogP contribution in [-0.2, 0) is 19.2 Å². The Morgan fingerprint density at radius 1 is 0.763 bits per heavy atom. The number of nitrogens with one attached hydrogen (secondary N) is 5. The molecule has 38 heavy (non-hydrogen) atoms. The molecule has 0 fully saturated rings. The number of aliphatic hydroxyl groups excluding tert-OH is 2. The van der Waals surface area contributed by atoms with Gasteiger partial charge in [0.25, 0.3) is 0 Å². The molecule has 15 nitrogen and oxygen atoms in total. The van der Waals surface area contributed by atoms with E-state index in [4.69, 9.17) is 28.3 Å². The Balaban J connectivity index is 4.13. The Bertz CT molecular complexity index is 821. The van der Waals surface area contributed by atoms with Crippen LogP contribution in [0.2, 0.25) is 0 Å². The summed E-state index contributed by atoms with van der Waals surface area (Å²) in [5, 5.41) is 37.1. The topological polar surface area (TPSA) is 285 Å². The molecule has 0 heterocycles. The zero-order chi connectivity index (χ0) is 28.9. The quantitative estimate of drug-likeness (QED) is 0.0305. The average molecular weight is 542 g/mol. The number of aliphatic hydroxyl groups is 2. The number of rotatable bonds is 20. The van der Waals surface area contributed by atoms with Gasteiger partial charge in [0, 0.05) is 76.2 Å². The highest BCUT2D eigenvalue weighted by atomic mass is 16.3. The first-order valence-corrected chi connectivity index (χ1v) is 12.3. The fraction of sp³-hybridized carbons (Fsp3) is 0.609. The third kappa shape index (κ3) is 20.8. The summed E-state index contributed by atoms with van der Waals surface area (Å²) >= 11 is 0. The van der Waals surface area contributed by atoms with E-state index >= 15 is 0 Å². The Morgan fingerprint density at radius 2 is 1.18 bits per heavy atom. The van der Waals surface area contributed by atoms with E-state index in [0.717, 1.165) is 12.2 Å². The average Bonchev–Trinajstić information content (AvgIpc) is 2.82. The zero-order valence-electron chi connectivity index (χ0n) is 21.5. The molecule has 15 heteroatoms. The molecule has 0 aromatic heterocycles. The Labute approximate surface area is 222 Å². The van der Waals surface area contributed by atoms with Gasteiger partial charge in [0.2, 0.25) is 23.6 Å². The van der Waals surface area contributed by atoms with Gasteiger partial charge in [-0.3, -0.25) is 24.6 Å². The van der Waals surface area contributed by atoms with Gasteiger partial charge in [-0.25, -0.2) is 0 Å². The maximum Gasteiger partial charge on any atom is 0.244 e. The number of hydrogen-bond donors (Lipinski definition) is 11. The minimum atomic E-state index is -0.964. The second kappa shape index (κ2) is 20.7. The van der Waals surface area contributed by atoms with E-state index in [2.05, 4.69) is 21.3 Å². The lowest BCUT2D eigenvalue weighted by molar-refractivity contribution is -0.122. The molecule has 0 aliphatic rings. The highest BCUT2D eigenvalue weighted by molar-refractivity contribution is 5.89. The molecule has 0 aromatic carbocycles. The fourth-order valence-corrected chi connectivity index (χ4v) is 3.04. The summed E-state index contributed by atoms with van der Waals surface area (Å²) in [7, 11) is 0. The molecule has 0 rings (SSSR count). The van der Waals surface area contributed by atoms with Crippen LogP contribution in [0.1, 0.15) is 32.1 Å². The summed E-state index contributed by atoms with van der Waals surface area (Å²) in [5.74, 6) is -1.64. The van der Waals surface area contributed by atoms with E-state index in [1.54, 1.807) is 0 Å². The van der Waals surface area contributed by atoms with Crippen molar-refractivity contribution in [3.05, 3.63) is 24.3 Å². The number of allylic oxidation sites excluding steroid dienone is 2. The van der Waals surface area contributed by atoms with Crippen molar-refractivity contribution >= 4 is 29.5 Å². The molecule has 0 unspecified atom stereocenters. The molecule has 0 aliphatic heterocycles. The largest absolute Gasteiger partial charge is 0.391 e. The lowest BCUT2D eigenvalue weighted by atomic mass is 10.1. The predicted octanol–water partition coefficient (Wildman–Crippen LogP) is -4.21. The lowest BCUT2D eigenvalue weighted by Crippen LogP contribution is -2.39. The van der Waals surface area contributed by atoms with Gasteiger partial charge in [0.1, 0.15) is 0 Å². The minimum Gasteiger partial charge on any atom is -0.391 e. The highest BCUT2D eigenvalue weighted by Crippen LogP contribution is 2.01. The standard InChI is InChI=1S/C23H43N9O6/c24-6-8-30-23(38)12-16(26)10-18(34)14-32-21(36)4-2-1-3-20(35)31-13-17(33)9-15(25)11-22(37)29-7-5-19(27)28/h1-4,15-18,33-34H,5-14,24-26H2,(H3,27,28)(H,29,37)(H,30,38)(H,31,35)(H,32,36)/b3-1+,4-2+/t15-,16-,17-,18-/m1/s1. The first-order chi connectivity index (χ1) is 17.9. The van der Waals surface area contributed by atoms with Crippen molar-refractivity contribution in [3.63, 3.8) is 0 Å². The first-order valence-electron chi connectivity index (χ1n) is 12.3. The summed E-state index contributed by atoms with van der Waals surface area (Å²) in [6.45, 7) is 0.745. The van der Waals surface area contributed by atoms with Crippen molar-refractivity contribution in [2.75, 3.05) is 32.7 Å². The maximum atomic E-state index is 11.8. The van der Waals surface area contributed by atoms with Crippen LogP contribution in [0.4, 0.5) is 0 Å². The van der Waals surface area contributed by atoms with Crippen LogP contribution in [-0.4, -0.2) is 96.7 Å². The van der Waals surface area contributed by atoms with Crippen molar-refractivity contribution in [1.29, 1.82) is 5.41 Å². The van der Waals surface area contributed by atoms with E-state index in [1.807, 2.05) is 0 Å². The molecule has 15 N–H and O–H groups in total. The van der Waals surface area contributed by atoms with E-state index < -0.39 is 36.1 Å². The van der Waals surface area contributed by atoms with Crippen molar-refractivity contribution in [2.24, 2.45) is 22.9 Å². The van der Waals surface area contributed by atoms with Crippen LogP contribution >= 0.6 is 0 Å². The molecule has 216 valence electrons. The predicted molar refractivity (Wildman–Crippen MR) is 142 cm³/mol. The number of amides is 4. The maximum absolute atomic E-state index is 11.8. The van der Waals surface area contributed by atoms with Crippen LogP contribution in [0.25, 0.3) is 0 Å². The minimum absolute atomic E-state index is 0.0219. The van der Waals surface area contributed by atoms with Crippen LogP contribution in [0, 0.1) is 5.41 Å². The summed E-state index contributed by atoms with van der Waals surface area (Å²) < 4.78 is 0. The van der Waals surface area contributed by atoms with E-state index in [-0.39, 0.29) is 69.4 Å². The van der Waals surface area contributed by atoms with Crippen molar-refractivity contribution in [3.8, 4) is 0 Å². The van der Waals surface area contributed by atoms with Crippen molar-refractivity contribution < 1.29 is 29.4 Å². The molecule has 0 radical (unpaired) electrons. The van der Waals surface area contributed by atoms with Gasteiger partial charge in [-0.1, -0.05) is 12.2 Å². The molecule has 0 saturated carbocycles. The SMILES string of the molecule is N=C(N)CCNC(=O)C[C@H](N)C[C@@H](O)CNC(=O)/C=C/C=C/C(=O)NC[C@H](O)C[C@@H](N)CC(=O)NCCN. The van der Waals surface area contributed by atoms with Gasteiger partial charge in [-0.15, -0.1) is 0 Å². The lowest BCUT2D eigenvalue weighted by Gasteiger charge is -2.16. The van der Waals surface area contributed by atoms with Gasteiger partial charge in [0.05, 0.1) is 18.0 Å². The van der Waals surface area contributed by atoms with Gasteiger partial charge < -0.3 is 54.4 Å². The number of hydrogen-bond acceptors (Lipinski definition) is 10. The smallest absolute Gasteiger partial charge is 0.244 e. The van der Waals surface area contributed by atoms with Crippen LogP contribution < -0.4 is 44.2 Å². The number of carbonyl (C=O) groups is 4. The van der Waals surface area contributed by atoms with Crippen LogP contribution in [0.3, 0.4) is 0 Å². The summed E-state index contributed by atoms with van der Waals surface area (Å²) in [6, 6.07) is -1.19. The van der Waals surface area contributed by atoms with Gasteiger partial charge in [0.15, 0.2) is 0 Å². The number of nitrogens with two attached hydrogens (primary N) is 4. The van der Waals surface area contributed by atoms with E-state index in [9.17, 15) is 29.4 Å². The second-order valence-corrected chi connectivity index (χ2v) is 8.68. The molecular formula is C23H43N9O6. The molecule has 4 amide bonds. The van der Waals surface area contributed by atoms with Crippen molar-refractivity contribution in [1.82, 2.24) is 21.3 Å². The third-order valence-corrected chi connectivity index (χ3v) is 4.86. The van der Waals surface area contributed by atoms with Gasteiger partial charge in [-0.05, 0) is 12.8 Å². The third-order valence-electron chi connectivity index (χ3n) is 4.86. The molecule has 4 atom stereocenters. The summed E-state index contributed by atoms with van der Waals surface area (Å²) in [5.41, 5.74) is 22.2. The molecule has 0 aromatic rings. The van der Waals surface area contributed by atoms with E-state index in [1.165, 1.54) is 12.2 Å². The van der Waals surface area contributed by atoms with Crippen molar-refractivity contribution in [2.45, 2.75) is 56.4 Å². The normalized spacial score (nSPS) is 14.4. The molecule has 0 aliphatic carbocycles. The second-order valence-electron chi connectivity index (χ2n) is 8.68. The summed E-state index contributed by atoms with van der Waals surface area (Å²) in [6.07, 6.45) is 3.51. The Kier molecular flexibility index (Phi) is 18.8. The Hall–Kier alpha value is -3.37.